The molecule has 3 rings (SSSR count). The normalized spacial score (nSPS) is 13.6. The van der Waals surface area contributed by atoms with Crippen LogP contribution in [0.4, 0.5) is 19.0 Å². The number of nitrogen functional groups attached to an aromatic ring is 1. The number of halogens is 5. The first-order chi connectivity index (χ1) is 18.1. The van der Waals surface area contributed by atoms with Crippen molar-refractivity contribution in [3.63, 3.8) is 0 Å². The molecule has 0 aliphatic heterocycles. The number of hydrogen-bond donors (Lipinski definition) is 5. The van der Waals surface area contributed by atoms with E-state index in [9.17, 15) is 27.9 Å². The van der Waals surface area contributed by atoms with Crippen LogP contribution in [-0.4, -0.2) is 43.6 Å². The number of pyridine rings is 1. The van der Waals surface area contributed by atoms with Crippen molar-refractivity contribution in [1.29, 1.82) is 5.41 Å². The minimum absolute atomic E-state index is 0.00369. The zero-order valence-electron chi connectivity index (χ0n) is 20.3. The second-order valence-corrected chi connectivity index (χ2v) is 9.23. The van der Waals surface area contributed by atoms with Crippen LogP contribution in [0.5, 0.6) is 0 Å². The number of aliphatic hydroxyl groups is 1. The summed E-state index contributed by atoms with van der Waals surface area (Å²) in [4.78, 5) is 28.7. The third-order valence-electron chi connectivity index (χ3n) is 5.71. The number of carbonyl (C=O) groups is 2. The van der Waals surface area contributed by atoms with Crippen LogP contribution in [-0.2, 0) is 4.79 Å². The highest BCUT2D eigenvalue weighted by Crippen LogP contribution is 2.35. The average molecular weight is 584 g/mol. The molecule has 0 saturated heterocycles. The summed E-state index contributed by atoms with van der Waals surface area (Å²) in [6.07, 6.45) is -2.44. The number of anilines is 1. The number of carbonyl (C=O) groups excluding carboxylic acids is 2. The van der Waals surface area contributed by atoms with E-state index in [1.807, 2.05) is 0 Å². The highest BCUT2D eigenvalue weighted by molar-refractivity contribution is 6.37. The molecule has 2 amide bonds. The number of benzene rings is 1. The molecule has 2 aromatic heterocycles. The first-order valence-corrected chi connectivity index (χ1v) is 11.8. The summed E-state index contributed by atoms with van der Waals surface area (Å²) in [6.45, 7) is 2.33. The van der Waals surface area contributed by atoms with Gasteiger partial charge in [-0.1, -0.05) is 29.3 Å². The Morgan fingerprint density at radius 1 is 1.21 bits per heavy atom. The summed E-state index contributed by atoms with van der Waals surface area (Å²) >= 11 is 11.9. The number of aromatic nitrogens is 3. The Morgan fingerprint density at radius 2 is 1.87 bits per heavy atom. The summed E-state index contributed by atoms with van der Waals surface area (Å²) in [5, 5.41) is 24.9. The third-order valence-corrected chi connectivity index (χ3v) is 6.26. The molecule has 39 heavy (non-hydrogen) atoms. The second kappa shape index (κ2) is 11.3. The minimum atomic E-state index is -4.69. The van der Waals surface area contributed by atoms with Gasteiger partial charge in [0.2, 0.25) is 5.91 Å². The van der Waals surface area contributed by atoms with Gasteiger partial charge in [-0.2, -0.15) is 18.3 Å². The summed E-state index contributed by atoms with van der Waals surface area (Å²) in [6, 6.07) is 5.07. The number of amides is 2. The quantitative estimate of drug-likeness (QED) is 0.189. The number of nitrogens with two attached hydrogens (primary N) is 2. The molecule has 0 bridgehead atoms. The lowest BCUT2D eigenvalue weighted by atomic mass is 10.0. The number of allylic oxidation sites excluding steroid dienone is 1. The van der Waals surface area contributed by atoms with Gasteiger partial charge in [-0.3, -0.25) is 19.9 Å². The van der Waals surface area contributed by atoms with Crippen molar-refractivity contribution in [2.45, 2.75) is 32.0 Å². The van der Waals surface area contributed by atoms with E-state index < -0.39 is 47.2 Å². The van der Waals surface area contributed by atoms with Crippen LogP contribution >= 0.6 is 23.2 Å². The van der Waals surface area contributed by atoms with E-state index in [1.165, 1.54) is 43.5 Å². The zero-order chi connectivity index (χ0) is 29.2. The molecular weight excluding hydrogens is 562 g/mol. The minimum Gasteiger partial charge on any atom is -0.494 e. The van der Waals surface area contributed by atoms with Crippen molar-refractivity contribution < 1.29 is 27.9 Å². The fourth-order valence-corrected chi connectivity index (χ4v) is 3.96. The molecule has 0 aliphatic carbocycles. The Kier molecular flexibility index (Phi) is 8.56. The fraction of sp³-hybridized carbons (Fsp3) is 0.208. The first-order valence-electron chi connectivity index (χ1n) is 11.1. The Morgan fingerprint density at radius 3 is 2.41 bits per heavy atom. The number of nitrogens with zero attached hydrogens (tertiary/aromatic N) is 3. The van der Waals surface area contributed by atoms with Crippen LogP contribution in [0, 0.1) is 5.41 Å². The van der Waals surface area contributed by atoms with Crippen LogP contribution in [0.2, 0.25) is 10.0 Å². The van der Waals surface area contributed by atoms with Crippen LogP contribution < -0.4 is 16.8 Å². The predicted molar refractivity (Wildman–Crippen MR) is 140 cm³/mol. The molecule has 2 unspecified atom stereocenters. The third kappa shape index (κ3) is 6.49. The molecule has 1 aromatic carbocycles. The van der Waals surface area contributed by atoms with Crippen LogP contribution in [0.15, 0.2) is 48.5 Å². The Labute approximate surface area is 229 Å². The van der Waals surface area contributed by atoms with Crippen LogP contribution in [0.3, 0.4) is 0 Å². The van der Waals surface area contributed by atoms with Gasteiger partial charge in [-0.15, -0.1) is 0 Å². The molecule has 0 fully saturated rings. The van der Waals surface area contributed by atoms with Crippen molar-refractivity contribution in [3.05, 3.63) is 75.2 Å². The molecular formula is C24H22Cl2F3N7O3. The highest BCUT2D eigenvalue weighted by atomic mass is 35.5. The Balaban J connectivity index is 1.80. The van der Waals surface area contributed by atoms with Gasteiger partial charge < -0.3 is 22.0 Å². The molecule has 15 heteroatoms. The van der Waals surface area contributed by atoms with Gasteiger partial charge in [-0.05, 0) is 43.7 Å². The predicted octanol–water partition coefficient (Wildman–Crippen LogP) is 4.74. The van der Waals surface area contributed by atoms with Gasteiger partial charge in [0.15, 0.2) is 5.88 Å². The lowest BCUT2D eigenvalue weighted by Crippen LogP contribution is -2.28. The SMILES string of the molecule is CC(C(=O)N/C(O)=C/C(=N)c1ccc(Cl)cc1Cl)c1ccc(-c2nn(C(C)C(F)(F)F)c(N)c2C(N)=O)nc1. The maximum absolute atomic E-state index is 13.2. The van der Waals surface area contributed by atoms with E-state index in [-0.39, 0.29) is 27.7 Å². The number of alkyl halides is 3. The molecule has 0 radical (unpaired) electrons. The van der Waals surface area contributed by atoms with Gasteiger partial charge >= 0.3 is 6.18 Å². The summed E-state index contributed by atoms with van der Waals surface area (Å²) < 4.78 is 40.1. The van der Waals surface area contributed by atoms with Crippen molar-refractivity contribution in [2.75, 3.05) is 5.73 Å². The van der Waals surface area contributed by atoms with E-state index in [0.717, 1.165) is 13.0 Å². The van der Waals surface area contributed by atoms with Crippen LogP contribution in [0.25, 0.3) is 11.4 Å². The first kappa shape index (κ1) is 29.5. The number of rotatable bonds is 8. The van der Waals surface area contributed by atoms with E-state index in [0.29, 0.717) is 15.3 Å². The monoisotopic (exact) mass is 583 g/mol. The van der Waals surface area contributed by atoms with Crippen LogP contribution in [0.1, 0.15) is 47.3 Å². The van der Waals surface area contributed by atoms with Gasteiger partial charge in [0.25, 0.3) is 5.91 Å². The molecule has 3 aromatic rings. The van der Waals surface area contributed by atoms with Gasteiger partial charge in [0.1, 0.15) is 23.1 Å². The fourth-order valence-electron chi connectivity index (χ4n) is 3.45. The maximum atomic E-state index is 13.2. The van der Waals surface area contributed by atoms with Crippen molar-refractivity contribution in [2.24, 2.45) is 5.73 Å². The van der Waals surface area contributed by atoms with Crippen molar-refractivity contribution >= 4 is 46.5 Å². The van der Waals surface area contributed by atoms with Gasteiger partial charge in [0.05, 0.1) is 22.3 Å². The molecule has 2 atom stereocenters. The van der Waals surface area contributed by atoms with Crippen molar-refractivity contribution in [3.8, 4) is 11.4 Å². The molecule has 206 valence electrons. The Hall–Kier alpha value is -4.10. The summed E-state index contributed by atoms with van der Waals surface area (Å²) in [7, 11) is 0. The number of primary amides is 1. The lowest BCUT2D eigenvalue weighted by Gasteiger charge is -2.17. The highest BCUT2D eigenvalue weighted by Gasteiger charge is 2.40. The molecule has 7 N–H and O–H groups in total. The van der Waals surface area contributed by atoms with E-state index in [4.69, 9.17) is 40.1 Å². The Bertz CT molecular complexity index is 1470. The lowest BCUT2D eigenvalue weighted by molar-refractivity contribution is -0.164. The largest absolute Gasteiger partial charge is 0.494 e. The van der Waals surface area contributed by atoms with E-state index in [2.05, 4.69) is 15.4 Å². The van der Waals surface area contributed by atoms with Gasteiger partial charge in [-0.25, -0.2) is 4.68 Å². The molecule has 10 nitrogen and oxygen atoms in total. The van der Waals surface area contributed by atoms with Crippen molar-refractivity contribution in [1.82, 2.24) is 20.1 Å². The molecule has 0 aliphatic rings. The summed E-state index contributed by atoms with van der Waals surface area (Å²) in [5.74, 6) is -3.78. The topological polar surface area (TPSA) is 173 Å². The van der Waals surface area contributed by atoms with Gasteiger partial charge in [0, 0.05) is 22.9 Å². The average Bonchev–Trinajstić information content (AvgIpc) is 3.19. The number of hydrogen-bond acceptors (Lipinski definition) is 7. The smallest absolute Gasteiger partial charge is 0.410 e. The molecule has 0 saturated carbocycles. The summed E-state index contributed by atoms with van der Waals surface area (Å²) in [5.41, 5.74) is 10.9. The molecule has 2 heterocycles. The van der Waals surface area contributed by atoms with E-state index >= 15 is 0 Å². The maximum Gasteiger partial charge on any atom is 0.410 e. The molecule has 0 spiro atoms. The number of nitrogens with one attached hydrogen (secondary N) is 2. The standard InChI is InChI=1S/C24H22Cl2F3N7O3/c1-10(23(39)34-18(37)8-16(30)14-5-4-13(25)7-15(14)26)12-3-6-17(33-9-12)20-19(22(32)38)21(31)36(35-20)11(2)24(27,28)29/h3-11,30,37H,31H2,1-2H3,(H2,32,38)(H,34,39)/b18-8-,30-16?. The second-order valence-electron chi connectivity index (χ2n) is 8.39. The van der Waals surface area contributed by atoms with E-state index in [1.54, 1.807) is 0 Å². The zero-order valence-corrected chi connectivity index (χ0v) is 21.9. The number of aliphatic hydroxyl groups excluding tert-OH is 1.